The minimum absolute atomic E-state index is 0.146. The van der Waals surface area contributed by atoms with Crippen molar-refractivity contribution in [1.29, 1.82) is 0 Å². The second-order valence-electron chi connectivity index (χ2n) is 10.1. The molecule has 1 unspecified atom stereocenters. The van der Waals surface area contributed by atoms with Gasteiger partial charge in [0, 0.05) is 34.1 Å². The van der Waals surface area contributed by atoms with Gasteiger partial charge in [0.1, 0.15) is 5.75 Å². The lowest BCUT2D eigenvalue weighted by molar-refractivity contribution is 0.0918. The van der Waals surface area contributed by atoms with Crippen LogP contribution in [-0.4, -0.2) is 47.4 Å². The maximum Gasteiger partial charge on any atom is 0.252 e. The van der Waals surface area contributed by atoms with E-state index in [1.807, 2.05) is 24.3 Å². The minimum Gasteiger partial charge on any atom is -0.497 e. The van der Waals surface area contributed by atoms with E-state index in [4.69, 9.17) is 9.47 Å². The first-order valence-corrected chi connectivity index (χ1v) is 13.3. The smallest absolute Gasteiger partial charge is 0.252 e. The van der Waals surface area contributed by atoms with Crippen LogP contribution in [-0.2, 0) is 6.42 Å². The Bertz CT molecular complexity index is 1730. The molecule has 0 radical (unpaired) electrons. The summed E-state index contributed by atoms with van der Waals surface area (Å²) in [4.78, 5) is 18.3. The fourth-order valence-corrected chi connectivity index (χ4v) is 5.13. The summed E-state index contributed by atoms with van der Waals surface area (Å²) >= 11 is 0. The van der Waals surface area contributed by atoms with Crippen molar-refractivity contribution in [3.63, 3.8) is 0 Å². The van der Waals surface area contributed by atoms with Gasteiger partial charge in [0.05, 0.1) is 43.6 Å². The highest BCUT2D eigenvalue weighted by molar-refractivity contribution is 6.07. The summed E-state index contributed by atoms with van der Waals surface area (Å²) in [6.45, 7) is 3.91. The Balaban J connectivity index is 1.53. The fraction of sp³-hybridized carbons (Fsp3) is 0.250. The zero-order chi connectivity index (χ0) is 29.3. The number of rotatable bonds is 9. The molecule has 2 N–H and O–H groups in total. The molecule has 0 aliphatic heterocycles. The van der Waals surface area contributed by atoms with Gasteiger partial charge in [-0.05, 0) is 68.3 Å². The summed E-state index contributed by atoms with van der Waals surface area (Å²) in [7, 11) is 2.70. The molecule has 212 valence electrons. The van der Waals surface area contributed by atoms with Crippen LogP contribution in [0.5, 0.6) is 11.5 Å². The summed E-state index contributed by atoms with van der Waals surface area (Å²) in [5.74, 6) is -2.21. The molecule has 7 nitrogen and oxygen atoms in total. The Labute approximate surface area is 236 Å². The molecule has 0 spiro atoms. The molecule has 3 aromatic carbocycles. The Hall–Kier alpha value is -4.50. The third kappa shape index (κ3) is 5.45. The number of hydrogen-bond acceptors (Lipinski definition) is 5. The van der Waals surface area contributed by atoms with Crippen LogP contribution < -0.4 is 14.8 Å². The summed E-state index contributed by atoms with van der Waals surface area (Å²) in [6, 6.07) is 16.4. The van der Waals surface area contributed by atoms with Crippen LogP contribution in [0.4, 0.5) is 8.78 Å². The number of ether oxygens (including phenoxy) is 2. The van der Waals surface area contributed by atoms with Crippen LogP contribution in [0.1, 0.15) is 35.8 Å². The monoisotopic (exact) mass is 559 g/mol. The number of carbonyl (C=O) groups excluding carboxylic acids is 1. The molecule has 5 rings (SSSR count). The number of nitrogens with one attached hydrogen (secondary N) is 1. The zero-order valence-corrected chi connectivity index (χ0v) is 23.2. The van der Waals surface area contributed by atoms with Gasteiger partial charge in [-0.3, -0.25) is 4.79 Å². The number of aliphatic hydroxyl groups excluding tert-OH is 1. The number of hydrogen-bond donors (Lipinski definition) is 2. The van der Waals surface area contributed by atoms with Gasteiger partial charge in [0.2, 0.25) is 0 Å². The van der Waals surface area contributed by atoms with Crippen LogP contribution in [0.15, 0.2) is 66.9 Å². The van der Waals surface area contributed by atoms with E-state index in [0.717, 1.165) is 28.6 Å². The molecule has 0 saturated carbocycles. The first-order chi connectivity index (χ1) is 19.7. The van der Waals surface area contributed by atoms with Gasteiger partial charge in [0.15, 0.2) is 17.4 Å². The maximum atomic E-state index is 14.5. The summed E-state index contributed by atoms with van der Waals surface area (Å²) in [6.07, 6.45) is 2.46. The first-order valence-electron chi connectivity index (χ1n) is 13.3. The van der Waals surface area contributed by atoms with E-state index in [9.17, 15) is 18.7 Å². The van der Waals surface area contributed by atoms with Crippen molar-refractivity contribution in [2.24, 2.45) is 0 Å². The number of amides is 1. The third-order valence-corrected chi connectivity index (χ3v) is 7.16. The second-order valence-corrected chi connectivity index (χ2v) is 10.1. The predicted octanol–water partition coefficient (Wildman–Crippen LogP) is 6.07. The van der Waals surface area contributed by atoms with Crippen LogP contribution in [0.2, 0.25) is 0 Å². The van der Waals surface area contributed by atoms with Crippen molar-refractivity contribution in [3.05, 3.63) is 89.6 Å². The quantitative estimate of drug-likeness (QED) is 0.229. The topological polar surface area (TPSA) is 85.6 Å². The largest absolute Gasteiger partial charge is 0.497 e. The highest BCUT2D eigenvalue weighted by atomic mass is 19.1. The van der Waals surface area contributed by atoms with Crippen molar-refractivity contribution in [2.45, 2.75) is 32.4 Å². The number of nitrogens with zero attached hydrogens (tertiary/aromatic N) is 2. The molecule has 41 heavy (non-hydrogen) atoms. The SMILES string of the molecule is COc1ccc2nc(-c3cc(F)c(OC)c(F)c3)cc(C(=O)NC(CO)Cc3cn(C(C)C)c4ccccc34)c2c1. The molecule has 5 aromatic rings. The van der Waals surface area contributed by atoms with E-state index in [2.05, 4.69) is 34.9 Å². The van der Waals surface area contributed by atoms with Gasteiger partial charge in [-0.1, -0.05) is 18.2 Å². The molecule has 0 aliphatic carbocycles. The number of methoxy groups -OCH3 is 2. The molecule has 1 amide bonds. The molecule has 0 aliphatic rings. The molecular weight excluding hydrogens is 528 g/mol. The van der Waals surface area contributed by atoms with Crippen LogP contribution in [0.25, 0.3) is 33.1 Å². The number of benzene rings is 3. The lowest BCUT2D eigenvalue weighted by Gasteiger charge is -2.18. The van der Waals surface area contributed by atoms with Crippen molar-refractivity contribution in [1.82, 2.24) is 14.9 Å². The molecule has 2 heterocycles. The second kappa shape index (κ2) is 11.5. The van der Waals surface area contributed by atoms with Crippen LogP contribution >= 0.6 is 0 Å². The first kappa shape index (κ1) is 28.0. The lowest BCUT2D eigenvalue weighted by atomic mass is 10.0. The minimum atomic E-state index is -0.883. The van der Waals surface area contributed by atoms with Crippen LogP contribution in [0.3, 0.4) is 0 Å². The number of fused-ring (bicyclic) bond motifs is 2. The summed E-state index contributed by atoms with van der Waals surface area (Å²) < 4.78 is 41.4. The number of pyridine rings is 1. The maximum absolute atomic E-state index is 14.5. The van der Waals surface area contributed by atoms with Crippen molar-refractivity contribution < 1.29 is 28.2 Å². The molecule has 0 bridgehead atoms. The standard InChI is InChI=1S/C32H31F2N3O4/c1-18(2)37-16-20(23-7-5-6-8-30(23)37)11-21(17-38)35-32(39)25-15-29(19-12-26(33)31(41-4)27(34)13-19)36-28-10-9-22(40-3)14-24(25)28/h5-10,12-16,18,21,38H,11,17H2,1-4H3,(H,35,39). The van der Waals surface area contributed by atoms with Gasteiger partial charge < -0.3 is 24.5 Å². The van der Waals surface area contributed by atoms with E-state index in [1.165, 1.54) is 20.3 Å². The van der Waals surface area contributed by atoms with Gasteiger partial charge in [-0.2, -0.15) is 0 Å². The Morgan fingerprint density at radius 3 is 2.39 bits per heavy atom. The zero-order valence-electron chi connectivity index (χ0n) is 23.2. The number of carbonyl (C=O) groups is 1. The molecule has 0 saturated heterocycles. The Morgan fingerprint density at radius 1 is 1.00 bits per heavy atom. The Morgan fingerprint density at radius 2 is 1.73 bits per heavy atom. The lowest BCUT2D eigenvalue weighted by Crippen LogP contribution is -2.39. The normalized spacial score (nSPS) is 12.2. The van der Waals surface area contributed by atoms with Gasteiger partial charge in [0.25, 0.3) is 5.91 Å². The van der Waals surface area contributed by atoms with Crippen molar-refractivity contribution in [3.8, 4) is 22.8 Å². The van der Waals surface area contributed by atoms with Crippen molar-refractivity contribution >= 4 is 27.7 Å². The van der Waals surface area contributed by atoms with E-state index in [-0.39, 0.29) is 29.5 Å². The number of aromatic nitrogens is 2. The van der Waals surface area contributed by atoms with E-state index >= 15 is 0 Å². The average Bonchev–Trinajstić information content (AvgIpc) is 3.34. The molecule has 9 heteroatoms. The van der Waals surface area contributed by atoms with E-state index < -0.39 is 29.3 Å². The summed E-state index contributed by atoms with van der Waals surface area (Å²) in [5, 5.41) is 14.8. The van der Waals surface area contributed by atoms with Gasteiger partial charge >= 0.3 is 0 Å². The van der Waals surface area contributed by atoms with E-state index in [1.54, 1.807) is 18.2 Å². The number of halogens is 2. The predicted molar refractivity (Wildman–Crippen MR) is 155 cm³/mol. The van der Waals surface area contributed by atoms with Gasteiger partial charge in [-0.25, -0.2) is 13.8 Å². The Kier molecular flexibility index (Phi) is 7.90. The molecule has 2 aromatic heterocycles. The molecular formula is C32H31F2N3O4. The van der Waals surface area contributed by atoms with Crippen molar-refractivity contribution in [2.75, 3.05) is 20.8 Å². The van der Waals surface area contributed by atoms with Gasteiger partial charge in [-0.15, -0.1) is 0 Å². The highest BCUT2D eigenvalue weighted by Crippen LogP contribution is 2.32. The highest BCUT2D eigenvalue weighted by Gasteiger charge is 2.21. The summed E-state index contributed by atoms with van der Waals surface area (Å²) in [5.41, 5.74) is 3.09. The third-order valence-electron chi connectivity index (χ3n) is 7.16. The number of para-hydroxylation sites is 1. The van der Waals surface area contributed by atoms with E-state index in [0.29, 0.717) is 23.1 Å². The molecule has 1 atom stereocenters. The van der Waals surface area contributed by atoms with Crippen LogP contribution in [0, 0.1) is 11.6 Å². The number of aliphatic hydroxyl groups is 1. The average molecular weight is 560 g/mol. The molecule has 0 fully saturated rings. The fourth-order valence-electron chi connectivity index (χ4n) is 5.13.